The molecule has 2 rings (SSSR count). The summed E-state index contributed by atoms with van der Waals surface area (Å²) in [5.41, 5.74) is 1.64. The second-order valence-electron chi connectivity index (χ2n) is 4.72. The van der Waals surface area contributed by atoms with E-state index in [0.29, 0.717) is 24.6 Å². The van der Waals surface area contributed by atoms with Crippen LogP contribution in [0.15, 0.2) is 44.7 Å². The third kappa shape index (κ3) is 4.62. The molecule has 0 saturated carbocycles. The van der Waals surface area contributed by atoms with Gasteiger partial charge in [-0.2, -0.15) is 0 Å². The SMILES string of the molecule is CN=C(NCc1ccco1)NCc1ccc(C)n(C)c1=O.I. The fourth-order valence-electron chi connectivity index (χ4n) is 1.90. The molecule has 7 heteroatoms. The van der Waals surface area contributed by atoms with Gasteiger partial charge in [0.1, 0.15) is 5.76 Å². The molecule has 120 valence electrons. The summed E-state index contributed by atoms with van der Waals surface area (Å²) in [5.74, 6) is 1.44. The maximum absolute atomic E-state index is 12.1. The van der Waals surface area contributed by atoms with Gasteiger partial charge in [0.15, 0.2) is 5.96 Å². The molecule has 2 heterocycles. The van der Waals surface area contributed by atoms with Gasteiger partial charge < -0.3 is 19.6 Å². The van der Waals surface area contributed by atoms with E-state index in [1.54, 1.807) is 24.9 Å². The van der Waals surface area contributed by atoms with Crippen LogP contribution in [0.3, 0.4) is 0 Å². The fourth-order valence-corrected chi connectivity index (χ4v) is 1.90. The monoisotopic (exact) mass is 416 g/mol. The fraction of sp³-hybridized carbons (Fsp3) is 0.333. The van der Waals surface area contributed by atoms with Crippen molar-refractivity contribution in [3.63, 3.8) is 0 Å². The van der Waals surface area contributed by atoms with Gasteiger partial charge in [-0.1, -0.05) is 6.07 Å². The number of furan rings is 1. The molecule has 0 amide bonds. The zero-order chi connectivity index (χ0) is 15.2. The summed E-state index contributed by atoms with van der Waals surface area (Å²) in [7, 11) is 3.45. The Balaban J connectivity index is 0.00000242. The van der Waals surface area contributed by atoms with E-state index in [9.17, 15) is 4.79 Å². The van der Waals surface area contributed by atoms with E-state index in [1.165, 1.54) is 0 Å². The van der Waals surface area contributed by atoms with E-state index in [2.05, 4.69) is 15.6 Å². The predicted octanol–water partition coefficient (Wildman–Crippen LogP) is 1.77. The highest BCUT2D eigenvalue weighted by Crippen LogP contribution is 1.99. The van der Waals surface area contributed by atoms with Crippen molar-refractivity contribution in [2.45, 2.75) is 20.0 Å². The molecule has 0 atom stereocenters. The third-order valence-electron chi connectivity index (χ3n) is 3.31. The van der Waals surface area contributed by atoms with Crippen molar-refractivity contribution in [1.82, 2.24) is 15.2 Å². The van der Waals surface area contributed by atoms with E-state index in [1.807, 2.05) is 31.2 Å². The number of hydrogen-bond acceptors (Lipinski definition) is 3. The van der Waals surface area contributed by atoms with Gasteiger partial charge in [-0.25, -0.2) is 0 Å². The molecule has 0 saturated heterocycles. The minimum Gasteiger partial charge on any atom is -0.467 e. The van der Waals surface area contributed by atoms with Gasteiger partial charge in [-0.3, -0.25) is 9.79 Å². The maximum atomic E-state index is 12.1. The highest BCUT2D eigenvalue weighted by atomic mass is 127. The molecule has 2 N–H and O–H groups in total. The van der Waals surface area contributed by atoms with Crippen molar-refractivity contribution in [1.29, 1.82) is 0 Å². The number of aliphatic imine (C=N–C) groups is 1. The lowest BCUT2D eigenvalue weighted by atomic mass is 10.2. The quantitative estimate of drug-likeness (QED) is 0.453. The number of nitrogens with one attached hydrogen (secondary N) is 2. The molecule has 0 radical (unpaired) electrons. The zero-order valence-electron chi connectivity index (χ0n) is 12.9. The molecule has 0 unspecified atom stereocenters. The molecule has 0 spiro atoms. The number of nitrogens with zero attached hydrogens (tertiary/aromatic N) is 2. The Kier molecular flexibility index (Phi) is 7.16. The molecule has 6 nitrogen and oxygen atoms in total. The van der Waals surface area contributed by atoms with Crippen LogP contribution in [0.4, 0.5) is 0 Å². The first-order valence-corrected chi connectivity index (χ1v) is 6.74. The second kappa shape index (κ2) is 8.62. The van der Waals surface area contributed by atoms with Crippen molar-refractivity contribution >= 4 is 29.9 Å². The molecular formula is C15H21IN4O2. The van der Waals surface area contributed by atoms with Gasteiger partial charge in [0.25, 0.3) is 5.56 Å². The predicted molar refractivity (Wildman–Crippen MR) is 97.6 cm³/mol. The van der Waals surface area contributed by atoms with Crippen LogP contribution in [0, 0.1) is 6.92 Å². The lowest BCUT2D eigenvalue weighted by Gasteiger charge is -2.12. The highest BCUT2D eigenvalue weighted by Gasteiger charge is 2.05. The Morgan fingerprint density at radius 2 is 2.00 bits per heavy atom. The van der Waals surface area contributed by atoms with E-state index >= 15 is 0 Å². The third-order valence-corrected chi connectivity index (χ3v) is 3.31. The molecule has 2 aromatic heterocycles. The summed E-state index contributed by atoms with van der Waals surface area (Å²) in [6.45, 7) is 2.87. The number of hydrogen-bond donors (Lipinski definition) is 2. The Bertz CT molecular complexity index is 677. The topological polar surface area (TPSA) is 71.6 Å². The van der Waals surface area contributed by atoms with Gasteiger partial charge in [-0.15, -0.1) is 24.0 Å². The molecule has 0 aromatic carbocycles. The number of halogens is 1. The van der Waals surface area contributed by atoms with Crippen molar-refractivity contribution in [2.24, 2.45) is 12.0 Å². The summed E-state index contributed by atoms with van der Waals surface area (Å²) in [5, 5.41) is 6.24. The van der Waals surface area contributed by atoms with E-state index in [-0.39, 0.29) is 29.5 Å². The van der Waals surface area contributed by atoms with Crippen molar-refractivity contribution in [3.05, 3.63) is 57.9 Å². The Labute approximate surface area is 146 Å². The molecule has 0 aliphatic rings. The minimum atomic E-state index is 0. The summed E-state index contributed by atoms with van der Waals surface area (Å²) >= 11 is 0. The largest absolute Gasteiger partial charge is 0.467 e. The van der Waals surface area contributed by atoms with Gasteiger partial charge >= 0.3 is 0 Å². The minimum absolute atomic E-state index is 0. The van der Waals surface area contributed by atoms with Crippen molar-refractivity contribution in [2.75, 3.05) is 7.05 Å². The number of rotatable bonds is 4. The van der Waals surface area contributed by atoms with Crippen LogP contribution in [0.5, 0.6) is 0 Å². The lowest BCUT2D eigenvalue weighted by molar-refractivity contribution is 0.501. The standard InChI is InChI=1S/C15H20N4O2.HI/c1-11-6-7-12(14(20)19(11)3)9-17-15(16-2)18-10-13-5-4-8-21-13;/h4-8H,9-10H2,1-3H3,(H2,16,17,18);1H. The van der Waals surface area contributed by atoms with Crippen LogP contribution in [0.1, 0.15) is 17.0 Å². The zero-order valence-corrected chi connectivity index (χ0v) is 15.3. The Hall–Kier alpha value is -1.77. The Morgan fingerprint density at radius 3 is 2.64 bits per heavy atom. The summed E-state index contributed by atoms with van der Waals surface area (Å²) in [6.07, 6.45) is 1.63. The average Bonchev–Trinajstić information content (AvgIpc) is 3.00. The number of aryl methyl sites for hydroxylation is 1. The molecule has 0 aliphatic carbocycles. The van der Waals surface area contributed by atoms with Crippen LogP contribution in [-0.2, 0) is 20.1 Å². The molecule has 0 fully saturated rings. The average molecular weight is 416 g/mol. The molecule has 22 heavy (non-hydrogen) atoms. The second-order valence-corrected chi connectivity index (χ2v) is 4.72. The summed E-state index contributed by atoms with van der Waals surface area (Å²) in [4.78, 5) is 16.2. The van der Waals surface area contributed by atoms with Crippen LogP contribution in [0.25, 0.3) is 0 Å². The van der Waals surface area contributed by atoms with Crippen LogP contribution in [-0.4, -0.2) is 17.6 Å². The van der Waals surface area contributed by atoms with Gasteiger partial charge in [-0.05, 0) is 25.1 Å². The number of pyridine rings is 1. The number of guanidine groups is 1. The first-order valence-electron chi connectivity index (χ1n) is 6.74. The van der Waals surface area contributed by atoms with Gasteiger partial charge in [0.2, 0.25) is 0 Å². The first kappa shape index (κ1) is 18.3. The van der Waals surface area contributed by atoms with Crippen LogP contribution in [0.2, 0.25) is 0 Å². The summed E-state index contributed by atoms with van der Waals surface area (Å²) in [6, 6.07) is 7.49. The lowest BCUT2D eigenvalue weighted by Crippen LogP contribution is -2.38. The maximum Gasteiger partial charge on any atom is 0.255 e. The van der Waals surface area contributed by atoms with E-state index < -0.39 is 0 Å². The number of aromatic nitrogens is 1. The van der Waals surface area contributed by atoms with Gasteiger partial charge in [0, 0.05) is 31.9 Å². The Morgan fingerprint density at radius 1 is 1.27 bits per heavy atom. The normalized spacial score (nSPS) is 11.0. The molecular weight excluding hydrogens is 395 g/mol. The molecule has 0 bridgehead atoms. The van der Waals surface area contributed by atoms with Crippen LogP contribution < -0.4 is 16.2 Å². The summed E-state index contributed by atoms with van der Waals surface area (Å²) < 4.78 is 6.88. The van der Waals surface area contributed by atoms with Gasteiger partial charge in [0.05, 0.1) is 12.8 Å². The van der Waals surface area contributed by atoms with Crippen molar-refractivity contribution < 1.29 is 4.42 Å². The van der Waals surface area contributed by atoms with Crippen molar-refractivity contribution in [3.8, 4) is 0 Å². The van der Waals surface area contributed by atoms with Crippen LogP contribution >= 0.6 is 24.0 Å². The smallest absolute Gasteiger partial charge is 0.255 e. The highest BCUT2D eigenvalue weighted by molar-refractivity contribution is 14.0. The first-order chi connectivity index (χ1) is 10.1. The van der Waals surface area contributed by atoms with E-state index in [4.69, 9.17) is 4.42 Å². The molecule has 2 aromatic rings. The van der Waals surface area contributed by atoms with E-state index in [0.717, 1.165) is 11.5 Å². The molecule has 0 aliphatic heterocycles.